The molecule has 0 amide bonds. The van der Waals surface area contributed by atoms with Crippen LogP contribution in [0, 0.1) is 0 Å². The van der Waals surface area contributed by atoms with Gasteiger partial charge in [-0.1, -0.05) is 98.8 Å². The first-order valence-corrected chi connectivity index (χ1v) is 18.9. The van der Waals surface area contributed by atoms with Crippen LogP contribution in [0.2, 0.25) is 0 Å². The predicted molar refractivity (Wildman–Crippen MR) is 228 cm³/mol. The molecule has 0 aliphatic heterocycles. The summed E-state index contributed by atoms with van der Waals surface area (Å²) in [7, 11) is 0. The normalized spacial score (nSPS) is 13.4. The Labute approximate surface area is 317 Å². The molecular formula is C51H34N2O2. The van der Waals surface area contributed by atoms with Gasteiger partial charge in [0.05, 0.1) is 11.0 Å². The molecule has 3 heterocycles. The van der Waals surface area contributed by atoms with Gasteiger partial charge >= 0.3 is 0 Å². The Morgan fingerprint density at radius 1 is 0.400 bits per heavy atom. The van der Waals surface area contributed by atoms with Gasteiger partial charge in [-0.15, -0.1) is 0 Å². The van der Waals surface area contributed by atoms with Crippen molar-refractivity contribution in [1.29, 1.82) is 0 Å². The Hall–Kier alpha value is -7.04. The smallest absolute Gasteiger partial charge is 0.137 e. The number of hydrogen-bond acceptors (Lipinski definition) is 3. The fourth-order valence-electron chi connectivity index (χ4n) is 9.35. The molecule has 0 bridgehead atoms. The van der Waals surface area contributed by atoms with E-state index in [4.69, 9.17) is 8.83 Å². The number of rotatable bonds is 4. The molecule has 4 heteroatoms. The van der Waals surface area contributed by atoms with E-state index in [0.29, 0.717) is 0 Å². The van der Waals surface area contributed by atoms with E-state index in [1.807, 2.05) is 24.3 Å². The van der Waals surface area contributed by atoms with Crippen molar-refractivity contribution in [2.45, 2.75) is 19.3 Å². The van der Waals surface area contributed by atoms with Crippen LogP contribution in [0.15, 0.2) is 179 Å². The second kappa shape index (κ2) is 11.0. The molecule has 0 saturated heterocycles. The van der Waals surface area contributed by atoms with Crippen LogP contribution in [-0.4, -0.2) is 4.57 Å². The van der Waals surface area contributed by atoms with Crippen LogP contribution >= 0.6 is 0 Å². The van der Waals surface area contributed by atoms with E-state index >= 15 is 0 Å². The summed E-state index contributed by atoms with van der Waals surface area (Å²) in [5, 5.41) is 6.98. The monoisotopic (exact) mass is 706 g/mol. The second-order valence-corrected chi connectivity index (χ2v) is 15.3. The number of para-hydroxylation sites is 4. The van der Waals surface area contributed by atoms with Gasteiger partial charge in [0.1, 0.15) is 22.3 Å². The van der Waals surface area contributed by atoms with Crippen LogP contribution in [0.3, 0.4) is 0 Å². The minimum atomic E-state index is -0.242. The van der Waals surface area contributed by atoms with Gasteiger partial charge in [0, 0.05) is 66.5 Å². The molecule has 0 unspecified atom stereocenters. The largest absolute Gasteiger partial charge is 0.456 e. The summed E-state index contributed by atoms with van der Waals surface area (Å²) in [5.41, 5.74) is 15.3. The van der Waals surface area contributed by atoms with E-state index in [2.05, 4.69) is 169 Å². The molecule has 3 aromatic heterocycles. The Morgan fingerprint density at radius 2 is 0.891 bits per heavy atom. The summed E-state index contributed by atoms with van der Waals surface area (Å²) < 4.78 is 15.1. The van der Waals surface area contributed by atoms with Crippen molar-refractivity contribution in [2.75, 3.05) is 4.90 Å². The van der Waals surface area contributed by atoms with Crippen molar-refractivity contribution in [3.8, 4) is 16.8 Å². The molecule has 0 radical (unpaired) electrons. The number of anilines is 3. The highest BCUT2D eigenvalue weighted by atomic mass is 16.3. The zero-order valence-electron chi connectivity index (χ0n) is 30.4. The quantitative estimate of drug-likeness (QED) is 0.183. The van der Waals surface area contributed by atoms with Crippen LogP contribution < -0.4 is 4.90 Å². The molecule has 0 N–H and O–H groups in total. The molecule has 8 aromatic carbocycles. The summed E-state index contributed by atoms with van der Waals surface area (Å²) in [4.78, 5) is 2.36. The fourth-order valence-corrected chi connectivity index (χ4v) is 9.35. The van der Waals surface area contributed by atoms with E-state index in [-0.39, 0.29) is 5.41 Å². The van der Waals surface area contributed by atoms with E-state index in [1.165, 1.54) is 49.7 Å². The van der Waals surface area contributed by atoms with E-state index in [1.54, 1.807) is 0 Å². The lowest BCUT2D eigenvalue weighted by atomic mass is 9.82. The zero-order chi connectivity index (χ0) is 36.4. The van der Waals surface area contributed by atoms with Gasteiger partial charge in [0.2, 0.25) is 0 Å². The zero-order valence-corrected chi connectivity index (χ0v) is 30.4. The minimum absolute atomic E-state index is 0.242. The molecule has 0 fully saturated rings. The first-order chi connectivity index (χ1) is 27.0. The Kier molecular flexibility index (Phi) is 6.09. The molecule has 55 heavy (non-hydrogen) atoms. The maximum absolute atomic E-state index is 6.43. The predicted octanol–water partition coefficient (Wildman–Crippen LogP) is 14.4. The van der Waals surface area contributed by atoms with Crippen molar-refractivity contribution in [3.05, 3.63) is 181 Å². The van der Waals surface area contributed by atoms with Crippen molar-refractivity contribution in [3.63, 3.8) is 0 Å². The first-order valence-electron chi connectivity index (χ1n) is 18.9. The lowest BCUT2D eigenvalue weighted by molar-refractivity contribution is 0.660. The molecule has 0 spiro atoms. The van der Waals surface area contributed by atoms with Crippen LogP contribution in [0.5, 0.6) is 0 Å². The summed E-state index contributed by atoms with van der Waals surface area (Å²) in [6.07, 6.45) is 0. The van der Waals surface area contributed by atoms with E-state index in [0.717, 1.165) is 60.9 Å². The Bertz CT molecular complexity index is 3320. The van der Waals surface area contributed by atoms with E-state index < -0.39 is 0 Å². The number of aromatic nitrogens is 1. The molecule has 12 rings (SSSR count). The number of benzene rings is 8. The third kappa shape index (κ3) is 4.28. The van der Waals surface area contributed by atoms with Gasteiger partial charge in [0.25, 0.3) is 0 Å². The molecule has 4 nitrogen and oxygen atoms in total. The highest BCUT2D eigenvalue weighted by Crippen LogP contribution is 2.52. The third-order valence-electron chi connectivity index (χ3n) is 12.0. The average Bonchev–Trinajstić information content (AvgIpc) is 3.94. The maximum Gasteiger partial charge on any atom is 0.137 e. The number of furan rings is 2. The summed E-state index contributed by atoms with van der Waals surface area (Å²) >= 11 is 0. The second-order valence-electron chi connectivity index (χ2n) is 15.3. The lowest BCUT2D eigenvalue weighted by Gasteiger charge is -2.28. The number of fused-ring (bicyclic) bond motifs is 12. The van der Waals surface area contributed by atoms with Crippen LogP contribution in [0.1, 0.15) is 25.0 Å². The SMILES string of the molecule is CC1(C)c2cc(N(c3ccc4c(c3)oc3ccccc34)c3ccc4oc5ccccc5c4c3)ccc2-c2ccc(-n3c4ccccc4c4ccccc43)cc21. The molecule has 260 valence electrons. The van der Waals surface area contributed by atoms with Crippen LogP contribution in [0.25, 0.3) is 82.5 Å². The average molecular weight is 707 g/mol. The van der Waals surface area contributed by atoms with Crippen molar-refractivity contribution in [2.24, 2.45) is 0 Å². The topological polar surface area (TPSA) is 34.5 Å². The highest BCUT2D eigenvalue weighted by molar-refractivity contribution is 6.10. The first kappa shape index (κ1) is 30.4. The summed E-state index contributed by atoms with van der Waals surface area (Å²) in [5.74, 6) is 0. The maximum atomic E-state index is 6.43. The van der Waals surface area contributed by atoms with Crippen LogP contribution in [0.4, 0.5) is 17.1 Å². The molecule has 0 saturated carbocycles. The molecule has 1 aliphatic carbocycles. The number of hydrogen-bond donors (Lipinski definition) is 0. The van der Waals surface area contributed by atoms with Gasteiger partial charge in [-0.2, -0.15) is 0 Å². The highest BCUT2D eigenvalue weighted by Gasteiger charge is 2.36. The Morgan fingerprint density at radius 3 is 1.62 bits per heavy atom. The van der Waals surface area contributed by atoms with Gasteiger partial charge in [-0.3, -0.25) is 0 Å². The standard InChI is InChI=1S/C51H34N2O2/c1-51(2)43-28-32(19-23-35(43)36-24-20-33(29-44(36)51)53-45-15-7-3-11-37(45)38-12-4-8-16-46(38)53)52(31-22-26-49-42(27-31)40-14-6-10-18-48(40)54-49)34-21-25-41-39-13-5-9-17-47(39)55-50(41)30-34/h3-30H,1-2H3. The van der Waals surface area contributed by atoms with Gasteiger partial charge < -0.3 is 18.3 Å². The minimum Gasteiger partial charge on any atom is -0.456 e. The van der Waals surface area contributed by atoms with Crippen molar-refractivity contribution >= 4 is 82.7 Å². The molecule has 11 aromatic rings. The van der Waals surface area contributed by atoms with Gasteiger partial charge in [0.15, 0.2) is 0 Å². The summed E-state index contributed by atoms with van der Waals surface area (Å²) in [6.45, 7) is 4.73. The fraction of sp³-hybridized carbons (Fsp3) is 0.0588. The molecule has 0 atom stereocenters. The third-order valence-corrected chi connectivity index (χ3v) is 12.0. The number of nitrogens with zero attached hydrogens (tertiary/aromatic N) is 2. The summed E-state index contributed by atoms with van der Waals surface area (Å²) in [6, 6.07) is 61.1. The van der Waals surface area contributed by atoms with Crippen LogP contribution in [-0.2, 0) is 5.41 Å². The van der Waals surface area contributed by atoms with E-state index in [9.17, 15) is 0 Å². The van der Waals surface area contributed by atoms with Gasteiger partial charge in [-0.05, 0) is 101 Å². The molecular weight excluding hydrogens is 673 g/mol. The van der Waals surface area contributed by atoms with Gasteiger partial charge in [-0.25, -0.2) is 0 Å². The molecule has 1 aliphatic rings. The Balaban J connectivity index is 1.03. The lowest BCUT2D eigenvalue weighted by Crippen LogP contribution is -2.17. The van der Waals surface area contributed by atoms with Crippen molar-refractivity contribution < 1.29 is 8.83 Å². The van der Waals surface area contributed by atoms with Crippen molar-refractivity contribution in [1.82, 2.24) is 4.57 Å².